The molecular weight excluding hydrogens is 366 g/mol. The Balaban J connectivity index is 1.26. The predicted octanol–water partition coefficient (Wildman–Crippen LogP) is 1.60. The average Bonchev–Trinajstić information content (AvgIpc) is 3.41. The minimum Gasteiger partial charge on any atom is -0.350 e. The van der Waals surface area contributed by atoms with Crippen LogP contribution in [0.4, 0.5) is 0 Å². The minimum absolute atomic E-state index is 0.133. The molecule has 3 N–H and O–H groups in total. The molecule has 0 spiro atoms. The van der Waals surface area contributed by atoms with Crippen molar-refractivity contribution in [1.82, 2.24) is 25.3 Å². The topological polar surface area (TPSA) is 87.5 Å². The van der Waals surface area contributed by atoms with Gasteiger partial charge in [-0.1, -0.05) is 36.4 Å². The highest BCUT2D eigenvalue weighted by molar-refractivity contribution is 5.89. The zero-order valence-corrected chi connectivity index (χ0v) is 16.3. The molecule has 7 heteroatoms. The third-order valence-corrected chi connectivity index (χ3v) is 5.39. The van der Waals surface area contributed by atoms with Crippen LogP contribution in [0.1, 0.15) is 30.4 Å². The number of amides is 2. The number of pyridine rings is 1. The monoisotopic (exact) mass is 391 g/mol. The summed E-state index contributed by atoms with van der Waals surface area (Å²) in [6.07, 6.45) is 6.25. The lowest BCUT2D eigenvalue weighted by molar-refractivity contribution is -0.129. The van der Waals surface area contributed by atoms with Crippen LogP contribution in [0.2, 0.25) is 0 Å². The molecule has 1 aromatic carbocycles. The van der Waals surface area contributed by atoms with Crippen LogP contribution < -0.4 is 16.0 Å². The quantitative estimate of drug-likeness (QED) is 0.596. The molecule has 7 nitrogen and oxygen atoms in total. The molecule has 1 fully saturated rings. The summed E-state index contributed by atoms with van der Waals surface area (Å²) in [4.78, 5) is 29.2. The van der Waals surface area contributed by atoms with Gasteiger partial charge < -0.3 is 20.4 Å². The summed E-state index contributed by atoms with van der Waals surface area (Å²) in [7, 11) is 0. The number of imidazole rings is 1. The summed E-state index contributed by atoms with van der Waals surface area (Å²) in [5, 5.41) is 8.97. The number of hydrogen-bond donors (Lipinski definition) is 3. The predicted molar refractivity (Wildman–Crippen MR) is 110 cm³/mol. The maximum absolute atomic E-state index is 12.6. The molecule has 150 valence electrons. The molecule has 2 aromatic heterocycles. The summed E-state index contributed by atoms with van der Waals surface area (Å²) < 4.78 is 1.90. The molecule has 3 unspecified atom stereocenters. The van der Waals surface area contributed by atoms with Gasteiger partial charge in [0.15, 0.2) is 0 Å². The van der Waals surface area contributed by atoms with Crippen molar-refractivity contribution < 1.29 is 9.59 Å². The number of hydrogen-bond acceptors (Lipinski definition) is 4. The Labute approximate surface area is 169 Å². The van der Waals surface area contributed by atoms with Crippen LogP contribution in [-0.4, -0.2) is 39.8 Å². The van der Waals surface area contributed by atoms with Gasteiger partial charge in [0.25, 0.3) is 0 Å². The van der Waals surface area contributed by atoms with E-state index in [1.54, 1.807) is 13.1 Å². The van der Waals surface area contributed by atoms with Gasteiger partial charge in [-0.2, -0.15) is 0 Å². The normalized spacial score (nSPS) is 19.8. The van der Waals surface area contributed by atoms with Crippen LogP contribution >= 0.6 is 0 Å². The standard InChI is InChI=1S/C22H25N5O2/c1-15(21(28)25-12-16-7-8-20-23-9-10-27(20)14-16)26-22(29)19-11-18(13-24-19)17-5-3-2-4-6-17/h2-10,14-15,18-19,24H,11-13H2,1H3,(H,25,28)(H,26,29). The van der Waals surface area contributed by atoms with Crippen LogP contribution in [0.3, 0.4) is 0 Å². The van der Waals surface area contributed by atoms with Crippen molar-refractivity contribution in [2.45, 2.75) is 37.9 Å². The van der Waals surface area contributed by atoms with Crippen molar-refractivity contribution >= 4 is 17.5 Å². The molecule has 3 atom stereocenters. The van der Waals surface area contributed by atoms with E-state index in [9.17, 15) is 9.59 Å². The van der Waals surface area contributed by atoms with E-state index in [-0.39, 0.29) is 17.9 Å². The number of rotatable bonds is 6. The molecule has 0 bridgehead atoms. The summed E-state index contributed by atoms with van der Waals surface area (Å²) in [5.41, 5.74) is 3.06. The zero-order chi connectivity index (χ0) is 20.2. The number of aromatic nitrogens is 2. The van der Waals surface area contributed by atoms with Crippen LogP contribution in [-0.2, 0) is 16.1 Å². The summed E-state index contributed by atoms with van der Waals surface area (Å²) in [6.45, 7) is 2.86. The highest BCUT2D eigenvalue weighted by Gasteiger charge is 2.31. The lowest BCUT2D eigenvalue weighted by atomic mass is 9.96. The molecule has 3 aromatic rings. The summed E-state index contributed by atoms with van der Waals surface area (Å²) >= 11 is 0. The SMILES string of the molecule is CC(NC(=O)C1CC(c2ccccc2)CN1)C(=O)NCc1ccc2nccn2c1. The molecule has 0 radical (unpaired) electrons. The molecule has 0 saturated carbocycles. The van der Waals surface area contributed by atoms with Gasteiger partial charge in [0.2, 0.25) is 11.8 Å². The van der Waals surface area contributed by atoms with Gasteiger partial charge in [0.05, 0.1) is 6.04 Å². The minimum atomic E-state index is -0.600. The van der Waals surface area contributed by atoms with E-state index in [2.05, 4.69) is 33.1 Å². The number of nitrogens with one attached hydrogen (secondary N) is 3. The van der Waals surface area contributed by atoms with E-state index in [1.165, 1.54) is 5.56 Å². The van der Waals surface area contributed by atoms with Crippen molar-refractivity contribution in [2.24, 2.45) is 0 Å². The highest BCUT2D eigenvalue weighted by Crippen LogP contribution is 2.25. The molecule has 4 rings (SSSR count). The third-order valence-electron chi connectivity index (χ3n) is 5.39. The fraction of sp³-hybridized carbons (Fsp3) is 0.318. The van der Waals surface area contributed by atoms with E-state index in [0.29, 0.717) is 12.5 Å². The largest absolute Gasteiger partial charge is 0.350 e. The maximum Gasteiger partial charge on any atom is 0.242 e. The van der Waals surface area contributed by atoms with E-state index in [4.69, 9.17) is 0 Å². The average molecular weight is 391 g/mol. The third kappa shape index (κ3) is 4.46. The first-order valence-corrected chi connectivity index (χ1v) is 9.88. The van der Waals surface area contributed by atoms with Gasteiger partial charge in [-0.05, 0) is 36.5 Å². The number of carbonyl (C=O) groups is 2. The molecule has 2 amide bonds. The van der Waals surface area contributed by atoms with Gasteiger partial charge >= 0.3 is 0 Å². The first kappa shape index (κ1) is 19.1. The number of nitrogens with zero attached hydrogens (tertiary/aromatic N) is 2. The van der Waals surface area contributed by atoms with E-state index in [0.717, 1.165) is 24.2 Å². The Morgan fingerprint density at radius 3 is 2.90 bits per heavy atom. The second-order valence-corrected chi connectivity index (χ2v) is 7.48. The molecule has 29 heavy (non-hydrogen) atoms. The van der Waals surface area contributed by atoms with Crippen LogP contribution in [0, 0.1) is 0 Å². The van der Waals surface area contributed by atoms with Crippen LogP contribution in [0.5, 0.6) is 0 Å². The summed E-state index contributed by atoms with van der Waals surface area (Å²) in [5.74, 6) is -0.0261. The van der Waals surface area contributed by atoms with Gasteiger partial charge in [-0.15, -0.1) is 0 Å². The molecule has 1 aliphatic heterocycles. The Bertz CT molecular complexity index is 1000. The highest BCUT2D eigenvalue weighted by atomic mass is 16.2. The van der Waals surface area contributed by atoms with E-state index >= 15 is 0 Å². The fourth-order valence-corrected chi connectivity index (χ4v) is 3.71. The van der Waals surface area contributed by atoms with Gasteiger partial charge in [0, 0.05) is 31.7 Å². The number of fused-ring (bicyclic) bond motifs is 1. The van der Waals surface area contributed by atoms with Gasteiger partial charge in [-0.3, -0.25) is 9.59 Å². The lowest BCUT2D eigenvalue weighted by Crippen LogP contribution is -2.49. The Hall–Kier alpha value is -3.19. The molecular formula is C22H25N5O2. The Morgan fingerprint density at radius 1 is 1.24 bits per heavy atom. The first-order valence-electron chi connectivity index (χ1n) is 9.88. The lowest BCUT2D eigenvalue weighted by Gasteiger charge is -2.17. The second kappa shape index (κ2) is 8.45. The second-order valence-electron chi connectivity index (χ2n) is 7.48. The van der Waals surface area contributed by atoms with E-state index in [1.807, 2.05) is 47.1 Å². The van der Waals surface area contributed by atoms with Gasteiger partial charge in [0.1, 0.15) is 11.7 Å². The van der Waals surface area contributed by atoms with Crippen LogP contribution in [0.25, 0.3) is 5.65 Å². The Morgan fingerprint density at radius 2 is 2.07 bits per heavy atom. The van der Waals surface area contributed by atoms with Crippen molar-refractivity contribution in [3.63, 3.8) is 0 Å². The molecule has 1 aliphatic rings. The van der Waals surface area contributed by atoms with Crippen molar-refractivity contribution in [1.29, 1.82) is 0 Å². The first-order chi connectivity index (χ1) is 14.1. The van der Waals surface area contributed by atoms with Gasteiger partial charge in [-0.25, -0.2) is 4.98 Å². The van der Waals surface area contributed by atoms with E-state index < -0.39 is 6.04 Å². The molecule has 1 saturated heterocycles. The number of carbonyl (C=O) groups excluding carboxylic acids is 2. The Kier molecular flexibility index (Phi) is 5.57. The van der Waals surface area contributed by atoms with Crippen molar-refractivity contribution in [2.75, 3.05) is 6.54 Å². The fourth-order valence-electron chi connectivity index (χ4n) is 3.71. The smallest absolute Gasteiger partial charge is 0.242 e. The van der Waals surface area contributed by atoms with Crippen LogP contribution in [0.15, 0.2) is 61.1 Å². The summed E-state index contributed by atoms with van der Waals surface area (Å²) in [6, 6.07) is 13.1. The number of benzene rings is 1. The van der Waals surface area contributed by atoms with Crippen molar-refractivity contribution in [3.8, 4) is 0 Å². The van der Waals surface area contributed by atoms with Crippen molar-refractivity contribution in [3.05, 3.63) is 72.2 Å². The molecule has 3 heterocycles. The maximum atomic E-state index is 12.6. The zero-order valence-electron chi connectivity index (χ0n) is 16.3. The molecule has 0 aliphatic carbocycles.